The van der Waals surface area contributed by atoms with Crippen LogP contribution in [0.5, 0.6) is 0 Å². The van der Waals surface area contributed by atoms with E-state index < -0.39 is 30.2 Å². The van der Waals surface area contributed by atoms with E-state index in [1.807, 2.05) is 0 Å². The van der Waals surface area contributed by atoms with Crippen molar-refractivity contribution in [1.82, 2.24) is 16.0 Å². The monoisotopic (exact) mass is 344 g/mol. The lowest BCUT2D eigenvalue weighted by molar-refractivity contribution is -0.190. The highest BCUT2D eigenvalue weighted by molar-refractivity contribution is 5.96. The summed E-state index contributed by atoms with van der Waals surface area (Å²) >= 11 is 0. The molecule has 1 aromatic rings. The zero-order valence-electron chi connectivity index (χ0n) is 13.1. The molecule has 0 saturated carbocycles. The highest BCUT2D eigenvalue weighted by Crippen LogP contribution is 2.36. The molecule has 1 fully saturated rings. The SMILES string of the molecule is CNC(=O)Nc1cccc(C(=O)NCC2(C(F)(F)F)CCCN2)c1. The molecular formula is C15H19F3N4O2. The highest BCUT2D eigenvalue weighted by Gasteiger charge is 2.56. The molecule has 1 unspecified atom stereocenters. The molecule has 0 aliphatic carbocycles. The number of nitrogens with one attached hydrogen (secondary N) is 4. The van der Waals surface area contributed by atoms with Gasteiger partial charge >= 0.3 is 12.2 Å². The van der Waals surface area contributed by atoms with E-state index in [9.17, 15) is 22.8 Å². The van der Waals surface area contributed by atoms with Gasteiger partial charge < -0.3 is 21.3 Å². The average molecular weight is 344 g/mol. The highest BCUT2D eigenvalue weighted by atomic mass is 19.4. The average Bonchev–Trinajstić information content (AvgIpc) is 3.02. The molecule has 3 amide bonds. The molecule has 0 bridgehead atoms. The molecule has 0 aromatic heterocycles. The van der Waals surface area contributed by atoms with Gasteiger partial charge in [-0.05, 0) is 37.6 Å². The predicted octanol–water partition coefficient (Wildman–Crippen LogP) is 1.85. The van der Waals surface area contributed by atoms with Crippen LogP contribution in [-0.2, 0) is 0 Å². The van der Waals surface area contributed by atoms with E-state index in [4.69, 9.17) is 0 Å². The number of hydrogen-bond acceptors (Lipinski definition) is 3. The van der Waals surface area contributed by atoms with E-state index >= 15 is 0 Å². The van der Waals surface area contributed by atoms with E-state index in [0.29, 0.717) is 12.1 Å². The minimum absolute atomic E-state index is 0.0744. The molecule has 0 radical (unpaired) electrons. The normalized spacial score (nSPS) is 20.5. The Morgan fingerprint density at radius 1 is 1.33 bits per heavy atom. The largest absolute Gasteiger partial charge is 0.408 e. The van der Waals surface area contributed by atoms with Crippen LogP contribution in [0.4, 0.5) is 23.7 Å². The van der Waals surface area contributed by atoms with Crippen molar-refractivity contribution >= 4 is 17.6 Å². The number of hydrogen-bond donors (Lipinski definition) is 4. The Morgan fingerprint density at radius 2 is 2.08 bits per heavy atom. The summed E-state index contributed by atoms with van der Waals surface area (Å²) in [4.78, 5) is 23.4. The Hall–Kier alpha value is -2.29. The number of benzene rings is 1. The van der Waals surface area contributed by atoms with Gasteiger partial charge in [0.15, 0.2) is 0 Å². The molecular weight excluding hydrogens is 325 g/mol. The standard InChI is InChI=1S/C15H19F3N4O2/c1-19-13(24)22-11-5-2-4-10(8-11)12(23)20-9-14(15(16,17)18)6-3-7-21-14/h2,4-5,8,21H,3,6-7,9H2,1H3,(H,20,23)(H2,19,22,24). The van der Waals surface area contributed by atoms with Crippen LogP contribution in [0, 0.1) is 0 Å². The molecule has 1 aliphatic heterocycles. The molecule has 1 heterocycles. The Labute approximate surface area is 137 Å². The third kappa shape index (κ3) is 3.97. The fraction of sp³-hybridized carbons (Fsp3) is 0.467. The lowest BCUT2D eigenvalue weighted by atomic mass is 9.96. The van der Waals surface area contributed by atoms with Crippen molar-refractivity contribution in [3.8, 4) is 0 Å². The first kappa shape index (κ1) is 18.1. The molecule has 132 valence electrons. The van der Waals surface area contributed by atoms with Gasteiger partial charge in [-0.1, -0.05) is 6.07 Å². The summed E-state index contributed by atoms with van der Waals surface area (Å²) in [6.45, 7) is -0.274. The molecule has 6 nitrogen and oxygen atoms in total. The number of alkyl halides is 3. The van der Waals surface area contributed by atoms with Gasteiger partial charge in [0.2, 0.25) is 0 Å². The summed E-state index contributed by atoms with van der Waals surface area (Å²) in [5.74, 6) is -0.632. The van der Waals surface area contributed by atoms with Crippen molar-refractivity contribution in [2.24, 2.45) is 0 Å². The Morgan fingerprint density at radius 3 is 2.67 bits per heavy atom. The first-order chi connectivity index (χ1) is 11.3. The number of rotatable bonds is 4. The van der Waals surface area contributed by atoms with Crippen LogP contribution in [0.1, 0.15) is 23.2 Å². The van der Waals surface area contributed by atoms with Gasteiger partial charge in [-0.2, -0.15) is 13.2 Å². The van der Waals surface area contributed by atoms with Gasteiger partial charge in [-0.25, -0.2) is 4.79 Å². The van der Waals surface area contributed by atoms with Crippen LogP contribution in [0.15, 0.2) is 24.3 Å². The predicted molar refractivity (Wildman–Crippen MR) is 82.9 cm³/mol. The third-order valence-corrected chi connectivity index (χ3v) is 3.95. The van der Waals surface area contributed by atoms with Crippen molar-refractivity contribution in [3.05, 3.63) is 29.8 Å². The van der Waals surface area contributed by atoms with Gasteiger partial charge in [0.1, 0.15) is 5.54 Å². The first-order valence-electron chi connectivity index (χ1n) is 7.46. The second-order valence-electron chi connectivity index (χ2n) is 5.58. The molecule has 24 heavy (non-hydrogen) atoms. The van der Waals surface area contributed by atoms with E-state index in [0.717, 1.165) is 0 Å². The van der Waals surface area contributed by atoms with Crippen LogP contribution in [0.3, 0.4) is 0 Å². The summed E-state index contributed by atoms with van der Waals surface area (Å²) in [7, 11) is 1.44. The topological polar surface area (TPSA) is 82.3 Å². The quantitative estimate of drug-likeness (QED) is 0.673. The van der Waals surface area contributed by atoms with E-state index in [2.05, 4.69) is 21.3 Å². The van der Waals surface area contributed by atoms with Crippen molar-refractivity contribution in [2.45, 2.75) is 24.6 Å². The summed E-state index contributed by atoms with van der Waals surface area (Å²) in [5, 5.41) is 9.65. The molecule has 4 N–H and O–H groups in total. The summed E-state index contributed by atoms with van der Waals surface area (Å²) in [6.07, 6.45) is -4.12. The Kier molecular flexibility index (Phi) is 5.33. The van der Waals surface area contributed by atoms with Crippen molar-refractivity contribution in [2.75, 3.05) is 25.5 Å². The fourth-order valence-electron chi connectivity index (χ4n) is 2.56. The zero-order chi connectivity index (χ0) is 17.8. The minimum atomic E-state index is -4.45. The second-order valence-corrected chi connectivity index (χ2v) is 5.58. The van der Waals surface area contributed by atoms with Crippen LogP contribution in [0.25, 0.3) is 0 Å². The van der Waals surface area contributed by atoms with Crippen LogP contribution >= 0.6 is 0 Å². The summed E-state index contributed by atoms with van der Waals surface area (Å²) in [6, 6.07) is 5.51. The maximum atomic E-state index is 13.2. The molecule has 0 spiro atoms. The lowest BCUT2D eigenvalue weighted by Crippen LogP contribution is -2.59. The first-order valence-corrected chi connectivity index (χ1v) is 7.46. The number of amides is 3. The second kappa shape index (κ2) is 7.08. The van der Waals surface area contributed by atoms with Crippen LogP contribution in [0.2, 0.25) is 0 Å². The van der Waals surface area contributed by atoms with Crippen molar-refractivity contribution in [3.63, 3.8) is 0 Å². The van der Waals surface area contributed by atoms with Crippen LogP contribution in [-0.4, -0.2) is 43.8 Å². The maximum absolute atomic E-state index is 13.2. The molecule has 1 aliphatic rings. The minimum Gasteiger partial charge on any atom is -0.350 e. The van der Waals surface area contributed by atoms with Crippen molar-refractivity contribution in [1.29, 1.82) is 0 Å². The summed E-state index contributed by atoms with van der Waals surface area (Å²) < 4.78 is 39.7. The molecule has 1 aromatic carbocycles. The third-order valence-electron chi connectivity index (χ3n) is 3.95. The maximum Gasteiger partial charge on any atom is 0.408 e. The molecule has 9 heteroatoms. The number of urea groups is 1. The van der Waals surface area contributed by atoms with Gasteiger partial charge in [0, 0.05) is 24.8 Å². The fourth-order valence-corrected chi connectivity index (χ4v) is 2.56. The molecule has 1 atom stereocenters. The molecule has 2 rings (SSSR count). The molecule has 1 saturated heterocycles. The zero-order valence-corrected chi connectivity index (χ0v) is 13.1. The van der Waals surface area contributed by atoms with Gasteiger partial charge in [-0.3, -0.25) is 4.79 Å². The Bertz CT molecular complexity index is 613. The summed E-state index contributed by atoms with van der Waals surface area (Å²) in [5.41, 5.74) is -1.55. The lowest BCUT2D eigenvalue weighted by Gasteiger charge is -2.32. The smallest absolute Gasteiger partial charge is 0.350 e. The number of carbonyl (C=O) groups excluding carboxylic acids is 2. The van der Waals surface area contributed by atoms with E-state index in [1.54, 1.807) is 6.07 Å². The Balaban J connectivity index is 2.04. The van der Waals surface area contributed by atoms with Crippen LogP contribution < -0.4 is 21.3 Å². The number of halogens is 3. The number of carbonyl (C=O) groups is 2. The van der Waals surface area contributed by atoms with Gasteiger partial charge in [0.05, 0.1) is 0 Å². The van der Waals surface area contributed by atoms with Gasteiger partial charge in [0.25, 0.3) is 5.91 Å². The van der Waals surface area contributed by atoms with Gasteiger partial charge in [-0.15, -0.1) is 0 Å². The van der Waals surface area contributed by atoms with E-state index in [-0.39, 0.29) is 18.5 Å². The number of anilines is 1. The van der Waals surface area contributed by atoms with Crippen molar-refractivity contribution < 1.29 is 22.8 Å². The van der Waals surface area contributed by atoms with E-state index in [1.165, 1.54) is 25.2 Å².